The van der Waals surface area contributed by atoms with Crippen molar-refractivity contribution in [2.24, 2.45) is 8.73 Å². The molecule has 110 valence electrons. The van der Waals surface area contributed by atoms with Crippen LogP contribution < -0.4 is 5.32 Å². The number of anilines is 1. The molecule has 7 nitrogen and oxygen atoms in total. The Balaban J connectivity index is 1.67. The lowest BCUT2D eigenvalue weighted by Crippen LogP contribution is -2.40. The highest BCUT2D eigenvalue weighted by atomic mass is 32.1. The standard InChI is InChI=1S/C13H14N4O3S/c18-11(7-17-6-2-5-10(17)13(19)20)14-8-3-1-4-9-12(8)16-21-15-9/h1,3-4,10H,2,5-7H2,(H,14,18)(H,19,20)/t10-/m1/s1. The van der Waals surface area contributed by atoms with E-state index in [-0.39, 0.29) is 12.5 Å². The summed E-state index contributed by atoms with van der Waals surface area (Å²) >= 11 is 1.09. The Bertz CT molecular complexity index is 669. The molecule has 1 atom stereocenters. The van der Waals surface area contributed by atoms with E-state index in [1.807, 2.05) is 6.07 Å². The molecular formula is C13H14N4O3S. The zero-order chi connectivity index (χ0) is 14.8. The zero-order valence-corrected chi connectivity index (χ0v) is 12.0. The molecule has 0 aromatic heterocycles. The highest BCUT2D eigenvalue weighted by molar-refractivity contribution is 7.58. The Labute approximate surface area is 124 Å². The maximum absolute atomic E-state index is 12.1. The molecular weight excluding hydrogens is 292 g/mol. The third kappa shape index (κ3) is 2.86. The number of hydrogen-bond acceptors (Lipinski definition) is 5. The van der Waals surface area contributed by atoms with Crippen molar-refractivity contribution in [1.82, 2.24) is 4.90 Å². The predicted molar refractivity (Wildman–Crippen MR) is 78.8 cm³/mol. The van der Waals surface area contributed by atoms with Crippen molar-refractivity contribution in [3.63, 3.8) is 0 Å². The van der Waals surface area contributed by atoms with Gasteiger partial charge in [-0.15, -0.1) is 0 Å². The lowest BCUT2D eigenvalue weighted by Gasteiger charge is -2.20. The van der Waals surface area contributed by atoms with Crippen LogP contribution in [0.1, 0.15) is 12.8 Å². The average Bonchev–Trinajstić information content (AvgIpc) is 3.07. The smallest absolute Gasteiger partial charge is 0.320 e. The number of carboxylic acid groups (broad SMARTS) is 1. The van der Waals surface area contributed by atoms with Crippen LogP contribution in [0.4, 0.5) is 17.1 Å². The Hall–Kier alpha value is -2.06. The topological polar surface area (TPSA) is 94.4 Å². The minimum Gasteiger partial charge on any atom is -0.480 e. The van der Waals surface area contributed by atoms with Crippen LogP contribution >= 0.6 is 0 Å². The fraction of sp³-hybridized carbons (Fsp3) is 0.385. The number of hydrogen-bond donors (Lipinski definition) is 2. The molecule has 0 bridgehead atoms. The van der Waals surface area contributed by atoms with Crippen molar-refractivity contribution in [3.8, 4) is 0 Å². The predicted octanol–water partition coefficient (Wildman–Crippen LogP) is 1.90. The summed E-state index contributed by atoms with van der Waals surface area (Å²) in [6.07, 6.45) is 1.39. The molecule has 0 radical (unpaired) electrons. The van der Waals surface area contributed by atoms with Crippen LogP contribution in [0.25, 0.3) is 0 Å². The van der Waals surface area contributed by atoms with Gasteiger partial charge in [-0.2, -0.15) is 8.73 Å². The van der Waals surface area contributed by atoms with Crippen LogP contribution in [-0.4, -0.2) is 41.0 Å². The van der Waals surface area contributed by atoms with E-state index < -0.39 is 12.0 Å². The number of likely N-dealkylation sites (tertiary alicyclic amines) is 1. The normalized spacial score (nSPS) is 20.1. The summed E-state index contributed by atoms with van der Waals surface area (Å²) < 4.78 is 8.27. The molecule has 0 saturated carbocycles. The largest absolute Gasteiger partial charge is 0.480 e. The Morgan fingerprint density at radius 2 is 2.29 bits per heavy atom. The van der Waals surface area contributed by atoms with Gasteiger partial charge < -0.3 is 10.4 Å². The van der Waals surface area contributed by atoms with Gasteiger partial charge in [-0.25, -0.2) is 0 Å². The fourth-order valence-electron chi connectivity index (χ4n) is 2.58. The molecule has 1 aromatic rings. The lowest BCUT2D eigenvalue weighted by molar-refractivity contribution is -0.142. The van der Waals surface area contributed by atoms with Crippen molar-refractivity contribution in [1.29, 1.82) is 0 Å². The number of benzene rings is 1. The second-order valence-electron chi connectivity index (χ2n) is 4.95. The SMILES string of the molecule is O=C(CN1CCC[C@@H]1C(=O)O)Nc1cccc2c1N=S=N2. The lowest BCUT2D eigenvalue weighted by atomic mass is 10.2. The molecule has 3 rings (SSSR count). The van der Waals surface area contributed by atoms with Crippen molar-refractivity contribution >= 4 is 40.3 Å². The Kier molecular flexibility index (Phi) is 3.80. The summed E-state index contributed by atoms with van der Waals surface area (Å²) in [4.78, 5) is 24.9. The average molecular weight is 306 g/mol. The molecule has 2 heterocycles. The summed E-state index contributed by atoms with van der Waals surface area (Å²) in [5.41, 5.74) is 2.01. The molecule has 1 aromatic carbocycles. The first-order chi connectivity index (χ1) is 10.1. The Morgan fingerprint density at radius 1 is 1.43 bits per heavy atom. The van der Waals surface area contributed by atoms with E-state index in [9.17, 15) is 9.59 Å². The first-order valence-corrected chi connectivity index (χ1v) is 7.36. The van der Waals surface area contributed by atoms with E-state index in [2.05, 4.69) is 14.0 Å². The summed E-state index contributed by atoms with van der Waals surface area (Å²) in [6.45, 7) is 0.706. The summed E-state index contributed by atoms with van der Waals surface area (Å²) in [6, 6.07) is 4.83. The summed E-state index contributed by atoms with van der Waals surface area (Å²) in [5, 5.41) is 11.9. The van der Waals surface area contributed by atoms with E-state index >= 15 is 0 Å². The molecule has 2 N–H and O–H groups in total. The molecule has 0 unspecified atom stereocenters. The van der Waals surface area contributed by atoms with Crippen LogP contribution in [0.5, 0.6) is 0 Å². The van der Waals surface area contributed by atoms with Crippen LogP contribution in [0.3, 0.4) is 0 Å². The van der Waals surface area contributed by atoms with Gasteiger partial charge in [-0.05, 0) is 31.5 Å². The monoisotopic (exact) mass is 306 g/mol. The third-order valence-corrected chi connectivity index (χ3v) is 4.10. The number of nitrogens with zero attached hydrogens (tertiary/aromatic N) is 3. The maximum atomic E-state index is 12.1. The number of rotatable bonds is 4. The molecule has 2 aliphatic heterocycles. The van der Waals surface area contributed by atoms with Crippen molar-refractivity contribution in [2.75, 3.05) is 18.4 Å². The second-order valence-corrected chi connectivity index (χ2v) is 5.48. The number of carbonyl (C=O) groups is 2. The number of amides is 1. The summed E-state index contributed by atoms with van der Waals surface area (Å²) in [5.74, 6) is -1.10. The molecule has 1 fully saturated rings. The molecule has 21 heavy (non-hydrogen) atoms. The number of carboxylic acids is 1. The molecule has 2 aliphatic rings. The first kappa shape index (κ1) is 13.9. The second kappa shape index (κ2) is 5.74. The van der Waals surface area contributed by atoms with Gasteiger partial charge in [0.25, 0.3) is 0 Å². The minimum atomic E-state index is -0.869. The van der Waals surface area contributed by atoms with Crippen LogP contribution in [0.2, 0.25) is 0 Å². The van der Waals surface area contributed by atoms with Crippen LogP contribution in [-0.2, 0) is 20.9 Å². The third-order valence-electron chi connectivity index (χ3n) is 3.56. The zero-order valence-electron chi connectivity index (χ0n) is 11.2. The van der Waals surface area contributed by atoms with E-state index in [1.54, 1.807) is 17.0 Å². The van der Waals surface area contributed by atoms with E-state index in [0.717, 1.165) is 23.5 Å². The van der Waals surface area contributed by atoms with Gasteiger partial charge >= 0.3 is 5.97 Å². The molecule has 8 heteroatoms. The Morgan fingerprint density at radius 3 is 3.10 bits per heavy atom. The molecule has 0 aliphatic carbocycles. The van der Waals surface area contributed by atoms with Gasteiger partial charge in [0.15, 0.2) is 0 Å². The minimum absolute atomic E-state index is 0.0743. The van der Waals surface area contributed by atoms with Gasteiger partial charge in [0.2, 0.25) is 5.91 Å². The van der Waals surface area contributed by atoms with Gasteiger partial charge in [-0.1, -0.05) is 6.07 Å². The molecule has 0 spiro atoms. The van der Waals surface area contributed by atoms with Crippen molar-refractivity contribution in [2.45, 2.75) is 18.9 Å². The van der Waals surface area contributed by atoms with E-state index in [4.69, 9.17) is 5.11 Å². The number of fused-ring (bicyclic) bond motifs is 1. The van der Waals surface area contributed by atoms with Gasteiger partial charge in [0.05, 0.1) is 23.6 Å². The summed E-state index contributed by atoms with van der Waals surface area (Å²) in [7, 11) is 0. The molecule has 1 amide bonds. The van der Waals surface area contributed by atoms with Crippen LogP contribution in [0.15, 0.2) is 26.9 Å². The highest BCUT2D eigenvalue weighted by Gasteiger charge is 2.31. The fourth-order valence-corrected chi connectivity index (χ4v) is 3.13. The first-order valence-electron chi connectivity index (χ1n) is 6.63. The van der Waals surface area contributed by atoms with Gasteiger partial charge in [-0.3, -0.25) is 14.5 Å². The van der Waals surface area contributed by atoms with Crippen molar-refractivity contribution < 1.29 is 14.7 Å². The van der Waals surface area contributed by atoms with E-state index in [0.29, 0.717) is 24.3 Å². The van der Waals surface area contributed by atoms with Gasteiger partial charge in [0.1, 0.15) is 17.4 Å². The number of nitrogens with one attached hydrogen (secondary N) is 1. The quantitative estimate of drug-likeness (QED) is 0.902. The molecule has 1 saturated heterocycles. The van der Waals surface area contributed by atoms with Gasteiger partial charge in [0, 0.05) is 0 Å². The van der Waals surface area contributed by atoms with Crippen molar-refractivity contribution in [3.05, 3.63) is 18.2 Å². The highest BCUT2D eigenvalue weighted by Crippen LogP contribution is 2.38. The number of carbonyl (C=O) groups excluding carboxylic acids is 1. The van der Waals surface area contributed by atoms with Crippen LogP contribution in [0, 0.1) is 0 Å². The van der Waals surface area contributed by atoms with E-state index in [1.165, 1.54) is 0 Å². The maximum Gasteiger partial charge on any atom is 0.320 e. The number of aliphatic carboxylic acids is 1.